The Morgan fingerprint density at radius 2 is 0.722 bits per heavy atom. The minimum Gasteiger partial charge on any atom is -0.458 e. The fraction of sp³-hybridized carbons (Fsp3) is 0.0400. The molecule has 4 aliphatic rings. The lowest BCUT2D eigenvalue weighted by atomic mass is 9.31. The maximum atomic E-state index is 7.35. The Hall–Kier alpha value is -13.0. The summed E-state index contributed by atoms with van der Waals surface area (Å²) in [6.45, 7) is 6.53. The first-order chi connectivity index (χ1) is 53.2. The van der Waals surface area contributed by atoms with Gasteiger partial charge in [-0.25, -0.2) is 0 Å². The maximum absolute atomic E-state index is 7.35. The van der Waals surface area contributed by atoms with E-state index in [0.29, 0.717) is 0 Å². The quantitative estimate of drug-likeness (QED) is 0.107. The summed E-state index contributed by atoms with van der Waals surface area (Å²) < 4.78 is 7.35. The van der Waals surface area contributed by atoms with Crippen molar-refractivity contribution in [1.29, 1.82) is 0 Å². The zero-order chi connectivity index (χ0) is 72.0. The van der Waals surface area contributed by atoms with Crippen LogP contribution in [0.3, 0.4) is 0 Å². The number of fused-ring (bicyclic) bond motifs is 8. The van der Waals surface area contributed by atoms with Gasteiger partial charge in [0.25, 0.3) is 13.4 Å². The molecular formula is C100H72B2N4OS. The molecule has 0 radical (unpaired) electrons. The van der Waals surface area contributed by atoms with Crippen LogP contribution in [0.2, 0.25) is 0 Å². The van der Waals surface area contributed by atoms with E-state index in [-0.39, 0.29) is 18.8 Å². The van der Waals surface area contributed by atoms with E-state index in [1.807, 2.05) is 11.8 Å². The predicted octanol–water partition coefficient (Wildman–Crippen LogP) is 23.4. The summed E-state index contributed by atoms with van der Waals surface area (Å²) in [7, 11) is 0. The molecular weight excluding hydrogens is 1330 g/mol. The SMILES string of the molecule is CC(C)(C)c1ccc(-c2ccccc2N2c3cc4c(cc3B3c5ccccc5N(c5ccccc5)c5cc(N(c6ccc(-c7ccccc7)cc6)c6cccc(-c7ccccc7)c6)cc2c53)B2c3ccccc3Oc3cc(N(c5ccc(-c6ccccc6)cc5)c5cccc(-c6ccccc6)c5)cc(c32)S4)cc1. The molecule has 16 aromatic carbocycles. The number of nitrogens with zero attached hydrogens (tertiary/aromatic N) is 4. The maximum Gasteiger partial charge on any atom is 0.253 e. The second kappa shape index (κ2) is 26.5. The molecule has 8 heteroatoms. The fourth-order valence-electron chi connectivity index (χ4n) is 17.0. The first kappa shape index (κ1) is 64.6. The predicted molar refractivity (Wildman–Crippen MR) is 457 cm³/mol. The van der Waals surface area contributed by atoms with Crippen LogP contribution in [0.25, 0.3) is 55.6 Å². The van der Waals surface area contributed by atoms with Crippen LogP contribution in [0, 0.1) is 0 Å². The monoisotopic (exact) mass is 1400 g/mol. The largest absolute Gasteiger partial charge is 0.458 e. The van der Waals surface area contributed by atoms with Crippen molar-refractivity contribution in [3.05, 3.63) is 388 Å². The molecule has 0 spiro atoms. The number of ether oxygens (including phenoxy) is 1. The van der Waals surface area contributed by atoms with Crippen LogP contribution in [-0.2, 0) is 5.41 Å². The molecule has 0 saturated carbocycles. The third-order valence-corrected chi connectivity index (χ3v) is 23.2. The highest BCUT2D eigenvalue weighted by atomic mass is 32.2. The van der Waals surface area contributed by atoms with Crippen molar-refractivity contribution in [2.24, 2.45) is 0 Å². The van der Waals surface area contributed by atoms with E-state index in [2.05, 4.69) is 423 Å². The van der Waals surface area contributed by atoms with E-state index < -0.39 is 0 Å². The number of benzene rings is 16. The second-order valence-electron chi connectivity index (χ2n) is 29.5. The van der Waals surface area contributed by atoms with Crippen LogP contribution in [0.5, 0.6) is 11.5 Å². The molecule has 0 aromatic heterocycles. The van der Waals surface area contributed by atoms with Gasteiger partial charge in [-0.3, -0.25) is 0 Å². The number of hydrogen-bond acceptors (Lipinski definition) is 6. The van der Waals surface area contributed by atoms with Crippen molar-refractivity contribution in [2.45, 2.75) is 36.0 Å². The van der Waals surface area contributed by atoms with E-state index >= 15 is 0 Å². The van der Waals surface area contributed by atoms with Crippen LogP contribution >= 0.6 is 11.8 Å². The molecule has 4 heterocycles. The van der Waals surface area contributed by atoms with Crippen LogP contribution in [0.15, 0.2) is 392 Å². The molecule has 20 rings (SSSR count). The van der Waals surface area contributed by atoms with Crippen molar-refractivity contribution < 1.29 is 4.74 Å². The summed E-state index contributed by atoms with van der Waals surface area (Å²) in [6.07, 6.45) is 0. The summed E-state index contributed by atoms with van der Waals surface area (Å²) >= 11 is 1.86. The van der Waals surface area contributed by atoms with Crippen molar-refractivity contribution in [1.82, 2.24) is 0 Å². The van der Waals surface area contributed by atoms with Crippen molar-refractivity contribution in [2.75, 3.05) is 19.6 Å². The lowest BCUT2D eigenvalue weighted by Crippen LogP contribution is -2.64. The summed E-state index contributed by atoms with van der Waals surface area (Å²) in [5.74, 6) is 1.72. The smallest absolute Gasteiger partial charge is 0.253 e. The van der Waals surface area contributed by atoms with E-state index in [1.165, 1.54) is 48.9 Å². The van der Waals surface area contributed by atoms with Gasteiger partial charge < -0.3 is 24.3 Å². The molecule has 0 unspecified atom stereocenters. The first-order valence-electron chi connectivity index (χ1n) is 37.3. The van der Waals surface area contributed by atoms with Gasteiger partial charge in [0, 0.05) is 72.6 Å². The van der Waals surface area contributed by atoms with Crippen LogP contribution in [0.4, 0.5) is 68.2 Å². The van der Waals surface area contributed by atoms with Crippen molar-refractivity contribution in [3.8, 4) is 67.1 Å². The van der Waals surface area contributed by atoms with Gasteiger partial charge in [-0.15, -0.1) is 0 Å². The third-order valence-electron chi connectivity index (χ3n) is 22.1. The number of anilines is 12. The van der Waals surface area contributed by atoms with Gasteiger partial charge >= 0.3 is 0 Å². The minimum atomic E-state index is -0.202. The molecule has 510 valence electrons. The van der Waals surface area contributed by atoms with Crippen LogP contribution in [-0.4, -0.2) is 13.4 Å². The Morgan fingerprint density at radius 1 is 0.269 bits per heavy atom. The molecule has 0 atom stereocenters. The summed E-state index contributed by atoms with van der Waals surface area (Å²) in [5.41, 5.74) is 33.0. The third kappa shape index (κ3) is 11.3. The Morgan fingerprint density at radius 3 is 1.30 bits per heavy atom. The fourth-order valence-corrected chi connectivity index (χ4v) is 18.2. The number of para-hydroxylation sites is 4. The molecule has 16 aromatic rings. The van der Waals surface area contributed by atoms with Crippen molar-refractivity contribution in [3.63, 3.8) is 0 Å². The zero-order valence-corrected chi connectivity index (χ0v) is 60.9. The van der Waals surface area contributed by atoms with Gasteiger partial charge in [0.1, 0.15) is 11.5 Å². The normalized spacial score (nSPS) is 12.7. The Kier molecular flexibility index (Phi) is 15.9. The van der Waals surface area contributed by atoms with E-state index in [4.69, 9.17) is 4.74 Å². The lowest BCUT2D eigenvalue weighted by molar-refractivity contribution is 0.486. The molecule has 0 bridgehead atoms. The van der Waals surface area contributed by atoms with Gasteiger partial charge in [-0.05, 0) is 191 Å². The lowest BCUT2D eigenvalue weighted by Gasteiger charge is -2.46. The standard InChI is InChI=1S/C100H72B2N4OS/c1-100(2,3)76-53-47-73(48-54-76)84-41-19-22-44-89(84)106-91-66-96-88(102-86-43-21-24-46-94(86)107-95-63-83(64-97(108-96)99(95)102)104(79-57-51-72(52-58-79)68-29-11-5-12-30-68)81-40-26-36-75(60-81)70-33-15-7-16-34-70)65-87(91)101-85-42-20-23-45-90(85)105(77-37-17-8-18-38-77)92-61-82(62-93(106)98(92)101)103(78-55-49-71(50-56-78)67-27-9-4-10-28-67)80-39-25-35-74(59-80)69-31-13-6-14-32-69/h4-66H,1-3H3. The Bertz CT molecular complexity index is 6120. The van der Waals surface area contributed by atoms with Gasteiger partial charge in [0.15, 0.2) is 0 Å². The average Bonchev–Trinajstić information content (AvgIpc) is 0.688. The van der Waals surface area contributed by atoms with E-state index in [9.17, 15) is 0 Å². The van der Waals surface area contributed by atoms with Gasteiger partial charge in [0.05, 0.1) is 17.1 Å². The molecule has 5 nitrogen and oxygen atoms in total. The van der Waals surface area contributed by atoms with E-state index in [0.717, 1.165) is 135 Å². The summed E-state index contributed by atoms with van der Waals surface area (Å²) in [5, 5.41) is 0. The summed E-state index contributed by atoms with van der Waals surface area (Å²) in [4.78, 5) is 12.4. The van der Waals surface area contributed by atoms with Gasteiger partial charge in [0.2, 0.25) is 0 Å². The molecule has 0 saturated heterocycles. The number of hydrogen-bond donors (Lipinski definition) is 0. The molecule has 0 aliphatic carbocycles. The second-order valence-corrected chi connectivity index (χ2v) is 30.6. The molecule has 0 amide bonds. The van der Waals surface area contributed by atoms with Gasteiger partial charge in [-0.1, -0.05) is 311 Å². The molecule has 4 aliphatic heterocycles. The highest BCUT2D eigenvalue weighted by Crippen LogP contribution is 2.53. The summed E-state index contributed by atoms with van der Waals surface area (Å²) in [6, 6.07) is 141. The van der Waals surface area contributed by atoms with Gasteiger partial charge in [-0.2, -0.15) is 0 Å². The van der Waals surface area contributed by atoms with Crippen LogP contribution < -0.4 is 57.1 Å². The topological polar surface area (TPSA) is 22.2 Å². The van der Waals surface area contributed by atoms with Crippen LogP contribution in [0.1, 0.15) is 26.3 Å². The minimum absolute atomic E-state index is 0.0323. The average molecular weight is 1400 g/mol. The van der Waals surface area contributed by atoms with E-state index in [1.54, 1.807) is 0 Å². The highest BCUT2D eigenvalue weighted by molar-refractivity contribution is 8.00. The molecule has 0 fully saturated rings. The first-order valence-corrected chi connectivity index (χ1v) is 38.2. The Labute approximate surface area is 637 Å². The zero-order valence-electron chi connectivity index (χ0n) is 60.1. The molecule has 108 heavy (non-hydrogen) atoms. The van der Waals surface area contributed by atoms with Crippen molar-refractivity contribution >= 4 is 126 Å². The Balaban J connectivity index is 0.842. The number of rotatable bonds is 13. The highest BCUT2D eigenvalue weighted by Gasteiger charge is 2.48. The molecule has 0 N–H and O–H groups in total.